The maximum absolute atomic E-state index is 13.8. The van der Waals surface area contributed by atoms with Gasteiger partial charge >= 0.3 is 0 Å². The lowest BCUT2D eigenvalue weighted by Gasteiger charge is -2.10. The van der Waals surface area contributed by atoms with Crippen molar-refractivity contribution in [2.45, 2.75) is 17.3 Å². The fraction of sp³-hybridized carbons (Fsp3) is 0.111. The predicted molar refractivity (Wildman–Crippen MR) is 96.9 cm³/mol. The third-order valence-electron chi connectivity index (χ3n) is 3.50. The van der Waals surface area contributed by atoms with E-state index >= 15 is 0 Å². The quantitative estimate of drug-likeness (QED) is 0.672. The number of nitrogens with one attached hydrogen (secondary N) is 2. The molecule has 0 aliphatic rings. The summed E-state index contributed by atoms with van der Waals surface area (Å²) in [5.74, 6) is -0.342. The summed E-state index contributed by atoms with van der Waals surface area (Å²) < 4.78 is 13.8. The van der Waals surface area contributed by atoms with Gasteiger partial charge in [-0.15, -0.1) is 5.10 Å². The van der Waals surface area contributed by atoms with E-state index in [1.807, 2.05) is 6.07 Å². The van der Waals surface area contributed by atoms with E-state index in [1.165, 1.54) is 6.07 Å². The summed E-state index contributed by atoms with van der Waals surface area (Å²) in [6.45, 7) is 1.72. The first-order valence-corrected chi connectivity index (χ1v) is 8.60. The van der Waals surface area contributed by atoms with E-state index in [1.54, 1.807) is 49.4 Å². The van der Waals surface area contributed by atoms with Crippen LogP contribution in [-0.4, -0.2) is 26.3 Å². The first-order chi connectivity index (χ1) is 12.6. The van der Waals surface area contributed by atoms with Crippen LogP contribution in [0, 0.1) is 17.1 Å². The molecule has 6 nitrogen and oxygen atoms in total. The molecule has 2 aromatic carbocycles. The van der Waals surface area contributed by atoms with Gasteiger partial charge in [-0.3, -0.25) is 9.89 Å². The fourth-order valence-electron chi connectivity index (χ4n) is 2.19. The van der Waals surface area contributed by atoms with Crippen molar-refractivity contribution in [2.75, 3.05) is 5.32 Å². The van der Waals surface area contributed by atoms with E-state index in [0.717, 1.165) is 11.8 Å². The van der Waals surface area contributed by atoms with Crippen LogP contribution in [0.5, 0.6) is 0 Å². The Balaban J connectivity index is 1.66. The van der Waals surface area contributed by atoms with E-state index < -0.39 is 11.1 Å². The molecule has 0 radical (unpaired) electrons. The zero-order valence-electron chi connectivity index (χ0n) is 13.7. The molecule has 0 aliphatic heterocycles. The smallest absolute Gasteiger partial charge is 0.237 e. The van der Waals surface area contributed by atoms with E-state index in [2.05, 4.69) is 20.5 Å². The number of carbonyl (C=O) groups is 1. The minimum atomic E-state index is -0.481. The largest absolute Gasteiger partial charge is 0.325 e. The number of anilines is 1. The average Bonchev–Trinajstić information content (AvgIpc) is 3.10. The van der Waals surface area contributed by atoms with Crippen LogP contribution < -0.4 is 5.32 Å². The molecule has 1 amide bonds. The van der Waals surface area contributed by atoms with Crippen molar-refractivity contribution in [1.82, 2.24) is 15.2 Å². The lowest BCUT2D eigenvalue weighted by Crippen LogP contribution is -2.22. The second-order valence-corrected chi connectivity index (χ2v) is 6.70. The van der Waals surface area contributed by atoms with Crippen molar-refractivity contribution in [1.29, 1.82) is 5.26 Å². The molecule has 26 heavy (non-hydrogen) atoms. The summed E-state index contributed by atoms with van der Waals surface area (Å²) in [4.78, 5) is 16.5. The summed E-state index contributed by atoms with van der Waals surface area (Å²) in [5, 5.41) is 18.2. The fourth-order valence-corrected chi connectivity index (χ4v) is 2.92. The first-order valence-electron chi connectivity index (χ1n) is 7.72. The summed E-state index contributed by atoms with van der Waals surface area (Å²) in [5.41, 5.74) is 1.33. The Hall–Kier alpha value is -3.18. The number of rotatable bonds is 5. The number of carbonyl (C=O) groups excluding carboxylic acids is 1. The highest BCUT2D eigenvalue weighted by Crippen LogP contribution is 2.25. The highest BCUT2D eigenvalue weighted by Gasteiger charge is 2.18. The van der Waals surface area contributed by atoms with Gasteiger partial charge in [0, 0.05) is 5.69 Å². The zero-order valence-corrected chi connectivity index (χ0v) is 14.5. The van der Waals surface area contributed by atoms with Crippen LogP contribution in [0.3, 0.4) is 0 Å². The number of thioether (sulfide) groups is 1. The number of aromatic nitrogens is 3. The number of nitriles is 1. The van der Waals surface area contributed by atoms with Crippen LogP contribution in [0.4, 0.5) is 10.1 Å². The Morgan fingerprint density at radius 1 is 1.31 bits per heavy atom. The molecule has 0 spiro atoms. The van der Waals surface area contributed by atoms with Crippen molar-refractivity contribution in [3.8, 4) is 17.5 Å². The molecule has 1 heterocycles. The monoisotopic (exact) mass is 367 g/mol. The van der Waals surface area contributed by atoms with Gasteiger partial charge in [0.2, 0.25) is 11.1 Å². The number of benzene rings is 2. The molecule has 8 heteroatoms. The van der Waals surface area contributed by atoms with Gasteiger partial charge in [0.15, 0.2) is 5.82 Å². The van der Waals surface area contributed by atoms with E-state index in [-0.39, 0.29) is 5.91 Å². The van der Waals surface area contributed by atoms with Gasteiger partial charge < -0.3 is 5.32 Å². The third-order valence-corrected chi connectivity index (χ3v) is 4.47. The number of aromatic amines is 1. The maximum Gasteiger partial charge on any atom is 0.237 e. The summed E-state index contributed by atoms with van der Waals surface area (Å²) in [7, 11) is 0. The van der Waals surface area contributed by atoms with E-state index in [4.69, 9.17) is 5.26 Å². The van der Waals surface area contributed by atoms with Crippen LogP contribution in [0.15, 0.2) is 53.7 Å². The number of hydrogen-bond donors (Lipinski definition) is 2. The molecule has 3 aromatic rings. The lowest BCUT2D eigenvalue weighted by molar-refractivity contribution is -0.115. The van der Waals surface area contributed by atoms with Crippen LogP contribution >= 0.6 is 11.8 Å². The van der Waals surface area contributed by atoms with Crippen molar-refractivity contribution < 1.29 is 9.18 Å². The highest BCUT2D eigenvalue weighted by atomic mass is 32.2. The Morgan fingerprint density at radius 2 is 2.12 bits per heavy atom. The van der Waals surface area contributed by atoms with E-state index in [0.29, 0.717) is 27.8 Å². The molecular formula is C18H14FN5OS. The molecule has 1 aromatic heterocycles. The predicted octanol–water partition coefficient (Wildman–Crippen LogP) is 3.60. The van der Waals surface area contributed by atoms with Crippen LogP contribution in [0.25, 0.3) is 11.4 Å². The Bertz CT molecular complexity index is 981. The van der Waals surface area contributed by atoms with Gasteiger partial charge in [-0.25, -0.2) is 9.37 Å². The molecule has 3 rings (SSSR count). The van der Waals surface area contributed by atoms with E-state index in [9.17, 15) is 9.18 Å². The van der Waals surface area contributed by atoms with Gasteiger partial charge in [0.1, 0.15) is 5.82 Å². The van der Waals surface area contributed by atoms with Crippen LogP contribution in [-0.2, 0) is 4.79 Å². The molecule has 0 fully saturated rings. The topological polar surface area (TPSA) is 94.5 Å². The van der Waals surface area contributed by atoms with Gasteiger partial charge in [-0.1, -0.05) is 30.0 Å². The Kier molecular flexibility index (Phi) is 5.29. The second-order valence-electron chi connectivity index (χ2n) is 5.39. The highest BCUT2D eigenvalue weighted by molar-refractivity contribution is 8.00. The molecule has 130 valence electrons. The summed E-state index contributed by atoms with van der Waals surface area (Å²) in [6, 6.07) is 14.9. The molecule has 0 saturated heterocycles. The maximum atomic E-state index is 13.8. The van der Waals surface area contributed by atoms with Crippen molar-refractivity contribution in [3.05, 3.63) is 59.9 Å². The minimum Gasteiger partial charge on any atom is -0.325 e. The third kappa shape index (κ3) is 4.07. The molecule has 0 aliphatic carbocycles. The number of hydrogen-bond acceptors (Lipinski definition) is 5. The van der Waals surface area contributed by atoms with Crippen molar-refractivity contribution in [3.63, 3.8) is 0 Å². The second kappa shape index (κ2) is 7.80. The van der Waals surface area contributed by atoms with Gasteiger partial charge in [0.25, 0.3) is 0 Å². The molecule has 0 saturated carbocycles. The van der Waals surface area contributed by atoms with Crippen molar-refractivity contribution in [2.24, 2.45) is 0 Å². The van der Waals surface area contributed by atoms with Crippen LogP contribution in [0.2, 0.25) is 0 Å². The average molecular weight is 367 g/mol. The summed E-state index contributed by atoms with van der Waals surface area (Å²) in [6.07, 6.45) is 0. The SMILES string of the molecule is CC(Sc1n[nH]c(-c2ccccc2F)n1)C(=O)Nc1cccc(C#N)c1. The molecule has 0 bridgehead atoms. The number of amides is 1. The van der Waals surface area contributed by atoms with Gasteiger partial charge in [0.05, 0.1) is 22.4 Å². The Labute approximate surface area is 153 Å². The first kappa shape index (κ1) is 17.6. The van der Waals surface area contributed by atoms with Crippen molar-refractivity contribution >= 4 is 23.4 Å². The normalized spacial score (nSPS) is 11.6. The standard InChI is InChI=1S/C18H14FN5OS/c1-11(17(25)21-13-6-4-5-12(9-13)10-20)26-18-22-16(23-24-18)14-7-2-3-8-15(14)19/h2-9,11H,1H3,(H,21,25)(H,22,23,24). The minimum absolute atomic E-state index is 0.248. The molecule has 1 unspecified atom stereocenters. The Morgan fingerprint density at radius 3 is 2.88 bits per heavy atom. The number of H-pyrrole nitrogens is 1. The number of nitrogens with zero attached hydrogens (tertiary/aromatic N) is 3. The molecular weight excluding hydrogens is 353 g/mol. The van der Waals surface area contributed by atoms with Gasteiger partial charge in [-0.05, 0) is 37.3 Å². The summed E-state index contributed by atoms with van der Waals surface area (Å²) >= 11 is 1.15. The zero-order chi connectivity index (χ0) is 18.5. The van der Waals surface area contributed by atoms with Gasteiger partial charge in [-0.2, -0.15) is 5.26 Å². The van der Waals surface area contributed by atoms with Crippen LogP contribution in [0.1, 0.15) is 12.5 Å². The lowest BCUT2D eigenvalue weighted by atomic mass is 10.2. The molecule has 1 atom stereocenters. The molecule has 2 N–H and O–H groups in total. The number of halogens is 1.